The number of rotatable bonds is 8. The van der Waals surface area contributed by atoms with Gasteiger partial charge < -0.3 is 19.9 Å². The van der Waals surface area contributed by atoms with Crippen molar-refractivity contribution in [3.63, 3.8) is 0 Å². The van der Waals surface area contributed by atoms with Crippen LogP contribution in [0.3, 0.4) is 0 Å². The molecule has 1 amide bonds. The fourth-order valence-electron chi connectivity index (χ4n) is 5.19. The first-order valence-corrected chi connectivity index (χ1v) is 12.7. The van der Waals surface area contributed by atoms with E-state index in [1.807, 2.05) is 17.0 Å². The molecule has 1 aromatic carbocycles. The summed E-state index contributed by atoms with van der Waals surface area (Å²) in [6, 6.07) is 8.35. The number of hydrogen-bond donors (Lipinski definition) is 1. The number of nitrogens with zero attached hydrogens (tertiary/aromatic N) is 3. The number of ether oxygens (including phenoxy) is 1. The summed E-state index contributed by atoms with van der Waals surface area (Å²) >= 11 is 0. The largest absolute Gasteiger partial charge is 0.378 e. The number of amides is 1. The molecule has 0 radical (unpaired) electrons. The molecule has 1 saturated heterocycles. The second kappa shape index (κ2) is 11.7. The van der Waals surface area contributed by atoms with Crippen LogP contribution in [0.2, 0.25) is 0 Å². The maximum absolute atomic E-state index is 12.6. The Balaban J connectivity index is 1.17. The van der Waals surface area contributed by atoms with E-state index in [1.165, 1.54) is 36.8 Å². The van der Waals surface area contributed by atoms with Gasteiger partial charge in [-0.15, -0.1) is 0 Å². The van der Waals surface area contributed by atoms with Crippen LogP contribution < -0.4 is 5.32 Å². The molecular formula is C26H40N4O2. The van der Waals surface area contributed by atoms with Crippen LogP contribution in [0.25, 0.3) is 0 Å². The highest BCUT2D eigenvalue weighted by Gasteiger charge is 2.24. The molecule has 0 spiro atoms. The lowest BCUT2D eigenvalue weighted by molar-refractivity contribution is -0.131. The average molecular weight is 441 g/mol. The second-order valence-electron chi connectivity index (χ2n) is 9.53. The zero-order chi connectivity index (χ0) is 22.2. The van der Waals surface area contributed by atoms with E-state index in [0.29, 0.717) is 19.1 Å². The molecule has 2 aliphatic heterocycles. The lowest BCUT2D eigenvalue weighted by Gasteiger charge is -2.34. The summed E-state index contributed by atoms with van der Waals surface area (Å²) in [6.07, 6.45) is 9.37. The molecule has 0 bridgehead atoms. The number of carbonyl (C=O) groups excluding carboxylic acids is 1. The van der Waals surface area contributed by atoms with Gasteiger partial charge in [-0.2, -0.15) is 0 Å². The molecule has 1 N–H and O–H groups in total. The number of fused-ring (bicyclic) bond motifs is 1. The van der Waals surface area contributed by atoms with Gasteiger partial charge >= 0.3 is 0 Å². The molecule has 32 heavy (non-hydrogen) atoms. The van der Waals surface area contributed by atoms with Crippen molar-refractivity contribution >= 4 is 11.9 Å². The van der Waals surface area contributed by atoms with E-state index in [1.54, 1.807) is 0 Å². The topological polar surface area (TPSA) is 57.2 Å². The first kappa shape index (κ1) is 23.1. The Morgan fingerprint density at radius 3 is 2.41 bits per heavy atom. The van der Waals surface area contributed by atoms with E-state index in [4.69, 9.17) is 9.73 Å². The quantitative estimate of drug-likeness (QED) is 0.378. The molecule has 1 aromatic rings. The highest BCUT2D eigenvalue weighted by atomic mass is 16.5. The lowest BCUT2D eigenvalue weighted by atomic mass is 10.1. The Labute approximate surface area is 193 Å². The van der Waals surface area contributed by atoms with Crippen molar-refractivity contribution in [3.05, 3.63) is 35.4 Å². The second-order valence-corrected chi connectivity index (χ2v) is 9.53. The summed E-state index contributed by atoms with van der Waals surface area (Å²) < 4.78 is 6.22. The maximum Gasteiger partial charge on any atom is 0.223 e. The molecule has 2 fully saturated rings. The predicted octanol–water partition coefficient (Wildman–Crippen LogP) is 3.95. The van der Waals surface area contributed by atoms with Crippen molar-refractivity contribution in [2.75, 3.05) is 32.8 Å². The van der Waals surface area contributed by atoms with Gasteiger partial charge in [-0.3, -0.25) is 9.79 Å². The molecule has 6 heteroatoms. The van der Waals surface area contributed by atoms with Gasteiger partial charge in [-0.05, 0) is 56.1 Å². The van der Waals surface area contributed by atoms with E-state index in [9.17, 15) is 4.79 Å². The first-order chi connectivity index (χ1) is 15.7. The summed E-state index contributed by atoms with van der Waals surface area (Å²) in [5.74, 6) is 2.02. The van der Waals surface area contributed by atoms with Crippen LogP contribution in [0.5, 0.6) is 0 Å². The Kier molecular flexibility index (Phi) is 8.43. The zero-order valence-corrected chi connectivity index (χ0v) is 19.7. The Bertz CT molecular complexity index is 742. The van der Waals surface area contributed by atoms with Gasteiger partial charge in [-0.1, -0.05) is 37.1 Å². The smallest absolute Gasteiger partial charge is 0.223 e. The van der Waals surface area contributed by atoms with Gasteiger partial charge in [0, 0.05) is 52.3 Å². The van der Waals surface area contributed by atoms with E-state index < -0.39 is 0 Å². The third kappa shape index (κ3) is 6.25. The number of nitrogens with one attached hydrogen (secondary N) is 1. The van der Waals surface area contributed by atoms with Crippen LogP contribution in [0.15, 0.2) is 29.3 Å². The fourth-order valence-corrected chi connectivity index (χ4v) is 5.19. The number of piperidine rings is 1. The summed E-state index contributed by atoms with van der Waals surface area (Å²) in [5.41, 5.74) is 2.56. The summed E-state index contributed by atoms with van der Waals surface area (Å²) in [7, 11) is 0. The zero-order valence-electron chi connectivity index (χ0n) is 19.7. The van der Waals surface area contributed by atoms with Crippen LogP contribution in [0.1, 0.15) is 69.4 Å². The Morgan fingerprint density at radius 2 is 1.75 bits per heavy atom. The Hall–Kier alpha value is -2.08. The third-order valence-corrected chi connectivity index (χ3v) is 7.12. The molecule has 1 aliphatic carbocycles. The molecule has 3 aliphatic rings. The molecule has 6 nitrogen and oxygen atoms in total. The minimum Gasteiger partial charge on any atom is -0.378 e. The molecular weight excluding hydrogens is 400 g/mol. The van der Waals surface area contributed by atoms with Gasteiger partial charge in [0.25, 0.3) is 0 Å². The van der Waals surface area contributed by atoms with Crippen molar-refractivity contribution < 1.29 is 9.53 Å². The normalized spacial score (nSPS) is 20.1. The van der Waals surface area contributed by atoms with Crippen molar-refractivity contribution in [1.29, 1.82) is 0 Å². The minimum absolute atomic E-state index is 0.238. The lowest BCUT2D eigenvalue weighted by Crippen LogP contribution is -2.47. The van der Waals surface area contributed by atoms with Crippen molar-refractivity contribution in [3.8, 4) is 0 Å². The molecule has 4 rings (SSSR count). The number of likely N-dealkylation sites (tertiary alicyclic amines) is 1. The SMILES string of the molecule is CCNC(=NCCCC(=O)N1Cc2ccccc2C1)N1CCC(OCC2CCCC2)CC1. The van der Waals surface area contributed by atoms with Crippen molar-refractivity contribution in [2.45, 2.75) is 77.5 Å². The molecule has 176 valence electrons. The Morgan fingerprint density at radius 1 is 1.06 bits per heavy atom. The fraction of sp³-hybridized carbons (Fsp3) is 0.692. The van der Waals surface area contributed by atoms with E-state index in [0.717, 1.165) is 70.5 Å². The first-order valence-electron chi connectivity index (χ1n) is 12.7. The maximum atomic E-state index is 12.6. The molecule has 2 heterocycles. The number of aliphatic imine (C=N–C) groups is 1. The number of hydrogen-bond acceptors (Lipinski definition) is 3. The van der Waals surface area contributed by atoms with E-state index >= 15 is 0 Å². The van der Waals surface area contributed by atoms with Crippen LogP contribution in [0.4, 0.5) is 0 Å². The van der Waals surface area contributed by atoms with Gasteiger partial charge in [0.1, 0.15) is 0 Å². The van der Waals surface area contributed by atoms with Crippen molar-refractivity contribution in [2.24, 2.45) is 10.9 Å². The molecule has 0 atom stereocenters. The monoisotopic (exact) mass is 440 g/mol. The van der Waals surface area contributed by atoms with Gasteiger partial charge in [-0.25, -0.2) is 0 Å². The van der Waals surface area contributed by atoms with Gasteiger partial charge in [0.2, 0.25) is 5.91 Å². The van der Waals surface area contributed by atoms with Crippen LogP contribution in [-0.2, 0) is 22.6 Å². The number of carbonyl (C=O) groups is 1. The summed E-state index contributed by atoms with van der Waals surface area (Å²) in [6.45, 7) is 8.10. The van der Waals surface area contributed by atoms with Crippen LogP contribution in [0, 0.1) is 5.92 Å². The highest BCUT2D eigenvalue weighted by molar-refractivity contribution is 5.80. The minimum atomic E-state index is 0.238. The molecule has 0 aromatic heterocycles. The van der Waals surface area contributed by atoms with Crippen LogP contribution in [-0.4, -0.2) is 60.6 Å². The molecule has 0 unspecified atom stereocenters. The number of benzene rings is 1. The van der Waals surface area contributed by atoms with Crippen LogP contribution >= 0.6 is 0 Å². The van der Waals surface area contributed by atoms with Gasteiger partial charge in [0.05, 0.1) is 6.10 Å². The van der Waals surface area contributed by atoms with Gasteiger partial charge in [0.15, 0.2) is 5.96 Å². The summed E-state index contributed by atoms with van der Waals surface area (Å²) in [5, 5.41) is 3.44. The standard InChI is InChI=1S/C26H40N4O2/c1-2-27-26(29-16-13-24(14-17-29)32-20-21-8-3-4-9-21)28-15-7-12-25(31)30-18-22-10-5-6-11-23(22)19-30/h5-6,10-11,21,24H,2-4,7-9,12-20H2,1H3,(H,27,28). The summed E-state index contributed by atoms with van der Waals surface area (Å²) in [4.78, 5) is 21.8. The van der Waals surface area contributed by atoms with E-state index in [-0.39, 0.29) is 5.91 Å². The average Bonchev–Trinajstić information content (AvgIpc) is 3.50. The number of guanidine groups is 1. The predicted molar refractivity (Wildman–Crippen MR) is 128 cm³/mol. The molecule has 1 saturated carbocycles. The highest BCUT2D eigenvalue weighted by Crippen LogP contribution is 2.26. The van der Waals surface area contributed by atoms with Crippen molar-refractivity contribution in [1.82, 2.24) is 15.1 Å². The van der Waals surface area contributed by atoms with E-state index in [2.05, 4.69) is 29.3 Å². The third-order valence-electron chi connectivity index (χ3n) is 7.12.